The van der Waals surface area contributed by atoms with Crippen LogP contribution < -0.4 is 0 Å². The molecule has 2 atom stereocenters. The fraction of sp³-hybridized carbons (Fsp3) is 0.705. The SMILES string of the molecule is CC/C=C\C/C=C\C/C=C\C/C=C\C/C=C\C/C=C\C/C=C\C/C=C\CCCCCCCCCCCCCCCCC(=O)OC(COC(=O)CCCCCCCCCCCCC/C=C\C/C=C\CCCCCCC)COC(OCC[N+](C)(C)C)C(=O)O. The van der Waals surface area contributed by atoms with Crippen LogP contribution in [0.15, 0.2) is 122 Å². The van der Waals surface area contributed by atoms with Crippen LogP contribution in [0.3, 0.4) is 0 Å². The van der Waals surface area contributed by atoms with Gasteiger partial charge in [0.2, 0.25) is 0 Å². The number of quaternary nitrogens is 1. The topological polar surface area (TPSA) is 108 Å². The Morgan fingerprint density at radius 1 is 0.356 bits per heavy atom. The molecule has 0 rings (SSSR count). The lowest BCUT2D eigenvalue weighted by atomic mass is 10.0. The molecule has 9 heteroatoms. The lowest BCUT2D eigenvalue weighted by Gasteiger charge is -2.25. The molecule has 0 heterocycles. The van der Waals surface area contributed by atoms with Crippen molar-refractivity contribution in [3.8, 4) is 0 Å². The molecule has 0 spiro atoms. The van der Waals surface area contributed by atoms with Gasteiger partial charge in [-0.2, -0.15) is 0 Å². The number of esters is 2. The number of hydrogen-bond acceptors (Lipinski definition) is 7. The maximum atomic E-state index is 13.0. The van der Waals surface area contributed by atoms with Gasteiger partial charge >= 0.3 is 17.9 Å². The molecule has 2 unspecified atom stereocenters. The number of carbonyl (C=O) groups excluding carboxylic acids is 2. The predicted molar refractivity (Wildman–Crippen MR) is 373 cm³/mol. The summed E-state index contributed by atoms with van der Waals surface area (Å²) < 4.78 is 23.0. The second-order valence-corrected chi connectivity index (χ2v) is 24.8. The molecule has 0 aromatic rings. The summed E-state index contributed by atoms with van der Waals surface area (Å²) in [5.74, 6) is -2.00. The highest BCUT2D eigenvalue weighted by molar-refractivity contribution is 5.71. The Labute approximate surface area is 536 Å². The Morgan fingerprint density at radius 3 is 0.977 bits per heavy atom. The minimum absolute atomic E-state index is 0.184. The van der Waals surface area contributed by atoms with Gasteiger partial charge in [-0.05, 0) is 109 Å². The third-order valence-corrected chi connectivity index (χ3v) is 15.2. The lowest BCUT2D eigenvalue weighted by molar-refractivity contribution is -0.870. The number of likely N-dealkylation sites (N-methyl/N-ethyl adjacent to an activating group) is 1. The number of carbonyl (C=O) groups is 3. The lowest BCUT2D eigenvalue weighted by Crippen LogP contribution is -2.40. The van der Waals surface area contributed by atoms with Gasteiger partial charge in [-0.3, -0.25) is 9.59 Å². The fourth-order valence-electron chi connectivity index (χ4n) is 9.77. The van der Waals surface area contributed by atoms with Crippen molar-refractivity contribution >= 4 is 17.9 Å². The van der Waals surface area contributed by atoms with Crippen molar-refractivity contribution in [2.75, 3.05) is 47.5 Å². The molecular formula is C78H134NO8+. The third kappa shape index (κ3) is 69.0. The number of allylic oxidation sites excluding steroid dienone is 20. The first-order valence-electron chi connectivity index (χ1n) is 35.7. The Morgan fingerprint density at radius 2 is 0.655 bits per heavy atom. The minimum atomic E-state index is -1.52. The van der Waals surface area contributed by atoms with Gasteiger partial charge in [0.05, 0.1) is 34.4 Å². The van der Waals surface area contributed by atoms with E-state index in [2.05, 4.69) is 135 Å². The second kappa shape index (κ2) is 67.6. The number of hydrogen-bond donors (Lipinski definition) is 1. The zero-order valence-corrected chi connectivity index (χ0v) is 56.9. The molecule has 0 aliphatic heterocycles. The van der Waals surface area contributed by atoms with Gasteiger partial charge in [0.15, 0.2) is 6.10 Å². The largest absolute Gasteiger partial charge is 0.477 e. The molecule has 0 aromatic heterocycles. The van der Waals surface area contributed by atoms with Crippen LogP contribution >= 0.6 is 0 Å². The third-order valence-electron chi connectivity index (χ3n) is 15.2. The van der Waals surface area contributed by atoms with Crippen molar-refractivity contribution in [2.45, 2.75) is 309 Å². The van der Waals surface area contributed by atoms with Gasteiger partial charge in [-0.1, -0.05) is 296 Å². The summed E-state index contributed by atoms with van der Waals surface area (Å²) in [4.78, 5) is 37.6. The molecule has 0 aliphatic rings. The summed E-state index contributed by atoms with van der Waals surface area (Å²) in [6.07, 6.45) is 93.1. The van der Waals surface area contributed by atoms with Crippen LogP contribution in [0.2, 0.25) is 0 Å². The second-order valence-electron chi connectivity index (χ2n) is 24.8. The van der Waals surface area contributed by atoms with E-state index < -0.39 is 24.3 Å². The summed E-state index contributed by atoms with van der Waals surface area (Å²) in [6, 6.07) is 0. The van der Waals surface area contributed by atoms with Crippen molar-refractivity contribution in [1.29, 1.82) is 0 Å². The quantitative estimate of drug-likeness (QED) is 0.0211. The molecule has 0 aliphatic carbocycles. The number of carboxylic acid groups (broad SMARTS) is 1. The molecule has 498 valence electrons. The zero-order valence-electron chi connectivity index (χ0n) is 56.9. The molecule has 9 nitrogen and oxygen atoms in total. The summed E-state index contributed by atoms with van der Waals surface area (Å²) in [7, 11) is 5.98. The van der Waals surface area contributed by atoms with Gasteiger partial charge in [-0.15, -0.1) is 0 Å². The summed E-state index contributed by atoms with van der Waals surface area (Å²) >= 11 is 0. The molecule has 0 amide bonds. The Bertz CT molecular complexity index is 1840. The summed E-state index contributed by atoms with van der Waals surface area (Å²) in [5.41, 5.74) is 0. The van der Waals surface area contributed by atoms with E-state index in [9.17, 15) is 19.5 Å². The van der Waals surface area contributed by atoms with Gasteiger partial charge in [0, 0.05) is 12.8 Å². The molecule has 0 fully saturated rings. The number of carboxylic acids is 1. The van der Waals surface area contributed by atoms with E-state index >= 15 is 0 Å². The van der Waals surface area contributed by atoms with Gasteiger partial charge in [-0.25, -0.2) is 4.79 Å². The number of unbranched alkanes of at least 4 members (excludes halogenated alkanes) is 30. The van der Waals surface area contributed by atoms with Crippen LogP contribution in [0.25, 0.3) is 0 Å². The molecular weight excluding hydrogens is 1080 g/mol. The maximum absolute atomic E-state index is 13.0. The normalized spacial score (nSPS) is 13.4. The Balaban J connectivity index is 4.10. The van der Waals surface area contributed by atoms with E-state index in [1.807, 2.05) is 21.1 Å². The fourth-order valence-corrected chi connectivity index (χ4v) is 9.77. The molecule has 0 saturated carbocycles. The van der Waals surface area contributed by atoms with E-state index in [1.54, 1.807) is 0 Å². The molecule has 0 saturated heterocycles. The highest BCUT2D eigenvalue weighted by atomic mass is 16.7. The number of aliphatic carboxylic acids is 1. The van der Waals surface area contributed by atoms with Crippen molar-refractivity contribution in [3.05, 3.63) is 122 Å². The number of ether oxygens (including phenoxy) is 4. The van der Waals surface area contributed by atoms with E-state index in [0.29, 0.717) is 23.9 Å². The standard InChI is InChI=1S/C78H133NO8/c1-6-8-10-12-14-16-18-20-22-24-26-28-30-31-32-33-34-35-36-37-38-39-40-41-42-43-44-45-47-49-51-53-55-57-59-61-63-65-67-69-76(81)87-74(73-86-78(77(82)83)84-71-70-79(3,4)5)72-85-75(80)68-66-64-62-60-58-56-54-52-50-48-46-29-27-25-23-21-19-17-15-13-11-9-7-2/h8,10,14,16,19-22,25-28,31-32,34-35,37-38,40-41,74,78H,6-7,9,11-13,15,17-18,23-24,29-30,33,36,39,42-73H2,1-5H3/p+1/b10-8-,16-14-,21-19-,22-20-,27-25-,28-26-,32-31-,35-34-,38-37-,41-40-. The Hall–Kier alpha value is -4.31. The van der Waals surface area contributed by atoms with Crippen LogP contribution in [0, 0.1) is 0 Å². The van der Waals surface area contributed by atoms with Crippen LogP contribution in [-0.4, -0.2) is 87.4 Å². The molecule has 87 heavy (non-hydrogen) atoms. The van der Waals surface area contributed by atoms with E-state index in [1.165, 1.54) is 167 Å². The summed E-state index contributed by atoms with van der Waals surface area (Å²) in [5, 5.41) is 9.75. The average Bonchev–Trinajstić information content (AvgIpc) is 3.55. The minimum Gasteiger partial charge on any atom is -0.477 e. The van der Waals surface area contributed by atoms with Crippen molar-refractivity contribution in [3.63, 3.8) is 0 Å². The van der Waals surface area contributed by atoms with Crippen LogP contribution in [0.4, 0.5) is 0 Å². The monoisotopic (exact) mass is 1210 g/mol. The number of rotatable bonds is 65. The van der Waals surface area contributed by atoms with Gasteiger partial charge < -0.3 is 28.5 Å². The average molecular weight is 1210 g/mol. The predicted octanol–water partition coefficient (Wildman–Crippen LogP) is 22.4. The zero-order chi connectivity index (χ0) is 63.3. The van der Waals surface area contributed by atoms with E-state index in [4.69, 9.17) is 18.9 Å². The Kier molecular flexibility index (Phi) is 64.3. The van der Waals surface area contributed by atoms with Crippen LogP contribution in [-0.2, 0) is 33.3 Å². The van der Waals surface area contributed by atoms with E-state index in [-0.39, 0.29) is 32.2 Å². The molecule has 0 aromatic carbocycles. The van der Waals surface area contributed by atoms with Crippen LogP contribution in [0.1, 0.15) is 296 Å². The van der Waals surface area contributed by atoms with Crippen LogP contribution in [0.5, 0.6) is 0 Å². The first-order valence-corrected chi connectivity index (χ1v) is 35.7. The first kappa shape index (κ1) is 82.7. The van der Waals surface area contributed by atoms with Crippen molar-refractivity contribution in [1.82, 2.24) is 0 Å². The van der Waals surface area contributed by atoms with Crippen molar-refractivity contribution in [2.24, 2.45) is 0 Å². The molecule has 0 bridgehead atoms. The highest BCUT2D eigenvalue weighted by Crippen LogP contribution is 2.17. The first-order chi connectivity index (χ1) is 42.6. The van der Waals surface area contributed by atoms with Crippen molar-refractivity contribution < 1.29 is 42.9 Å². The molecule has 1 N–H and O–H groups in total. The van der Waals surface area contributed by atoms with Gasteiger partial charge in [0.1, 0.15) is 13.2 Å². The number of nitrogens with zero attached hydrogens (tertiary/aromatic N) is 1. The smallest absolute Gasteiger partial charge is 0.361 e. The maximum Gasteiger partial charge on any atom is 0.361 e. The van der Waals surface area contributed by atoms with E-state index in [0.717, 1.165) is 96.3 Å². The highest BCUT2D eigenvalue weighted by Gasteiger charge is 2.25. The van der Waals surface area contributed by atoms with Gasteiger partial charge in [0.25, 0.3) is 6.29 Å². The summed E-state index contributed by atoms with van der Waals surface area (Å²) in [6.45, 7) is 4.77. The molecule has 0 radical (unpaired) electrons.